The summed E-state index contributed by atoms with van der Waals surface area (Å²) < 4.78 is 2.12. The number of benzene rings is 1. The fourth-order valence-corrected chi connectivity index (χ4v) is 5.13. The lowest BCUT2D eigenvalue weighted by molar-refractivity contribution is -0.126. The molecule has 0 unspecified atom stereocenters. The van der Waals surface area contributed by atoms with Crippen LogP contribution in [0.3, 0.4) is 0 Å². The Morgan fingerprint density at radius 3 is 2.67 bits per heavy atom. The Labute approximate surface area is 233 Å². The van der Waals surface area contributed by atoms with E-state index in [1.807, 2.05) is 38.2 Å². The first-order chi connectivity index (χ1) is 18.6. The number of anilines is 1. The van der Waals surface area contributed by atoms with Crippen LogP contribution in [0.4, 0.5) is 5.82 Å². The summed E-state index contributed by atoms with van der Waals surface area (Å²) >= 11 is 3.30. The number of Topliss-reactive ketones (excluding diaryl/α,β-unsaturated/α-hetero) is 1. The van der Waals surface area contributed by atoms with E-state index in [2.05, 4.69) is 46.6 Å². The fraction of sp³-hybridized carbons (Fsp3) is 0.321. The number of fused-ring (bicyclic) bond motifs is 4. The van der Waals surface area contributed by atoms with E-state index in [1.165, 1.54) is 11.6 Å². The second kappa shape index (κ2) is 10.6. The molecule has 0 saturated heterocycles. The van der Waals surface area contributed by atoms with Gasteiger partial charge >= 0.3 is 0 Å². The highest BCUT2D eigenvalue weighted by molar-refractivity contribution is 9.10. The van der Waals surface area contributed by atoms with Crippen LogP contribution >= 0.6 is 15.9 Å². The Kier molecular flexibility index (Phi) is 7.26. The van der Waals surface area contributed by atoms with Crippen molar-refractivity contribution in [3.63, 3.8) is 0 Å². The lowest BCUT2D eigenvalue weighted by Gasteiger charge is -2.15. The van der Waals surface area contributed by atoms with E-state index in [0.717, 1.165) is 53.0 Å². The number of hydrogen-bond acceptors (Lipinski definition) is 7. The van der Waals surface area contributed by atoms with Crippen molar-refractivity contribution in [3.8, 4) is 11.1 Å². The van der Waals surface area contributed by atoms with Crippen molar-refractivity contribution >= 4 is 50.2 Å². The molecule has 0 aliphatic heterocycles. The van der Waals surface area contributed by atoms with Crippen molar-refractivity contribution < 1.29 is 14.4 Å². The number of pyridine rings is 1. The molecule has 10 nitrogen and oxygen atoms in total. The maximum atomic E-state index is 13.0. The third kappa shape index (κ3) is 5.44. The number of halogens is 1. The number of amides is 2. The summed E-state index contributed by atoms with van der Waals surface area (Å²) in [4.78, 5) is 51.5. The number of carbonyl (C=O) groups excluding carboxylic acids is 3. The summed E-state index contributed by atoms with van der Waals surface area (Å²) in [7, 11) is 0. The summed E-state index contributed by atoms with van der Waals surface area (Å²) in [5.41, 5.74) is 5.83. The van der Waals surface area contributed by atoms with E-state index in [-0.39, 0.29) is 12.3 Å². The largest absolute Gasteiger partial charge is 0.343 e. The molecular weight excluding hydrogens is 562 g/mol. The number of nitrogens with zero attached hydrogens (tertiary/aromatic N) is 5. The smallest absolute Gasteiger partial charge is 0.247 e. The number of nitrogens with one attached hydrogen (secondary N) is 2. The molecule has 0 bridgehead atoms. The Hall–Kier alpha value is -3.99. The van der Waals surface area contributed by atoms with Gasteiger partial charge in [-0.05, 0) is 90.9 Å². The van der Waals surface area contributed by atoms with Crippen molar-refractivity contribution in [2.24, 2.45) is 0 Å². The van der Waals surface area contributed by atoms with Gasteiger partial charge in [-0.15, -0.1) is 0 Å². The zero-order chi connectivity index (χ0) is 27.8. The zero-order valence-corrected chi connectivity index (χ0v) is 23.7. The number of carbonyl (C=O) groups is 3. The molecule has 0 saturated carbocycles. The second-order valence-electron chi connectivity index (χ2n) is 9.80. The molecular formula is C28H28BrN7O3. The van der Waals surface area contributed by atoms with Crippen LogP contribution in [0, 0.1) is 13.8 Å². The predicted molar refractivity (Wildman–Crippen MR) is 150 cm³/mol. The van der Waals surface area contributed by atoms with Gasteiger partial charge in [-0.25, -0.2) is 15.0 Å². The maximum Gasteiger partial charge on any atom is 0.247 e. The van der Waals surface area contributed by atoms with E-state index < -0.39 is 17.9 Å². The van der Waals surface area contributed by atoms with E-state index in [9.17, 15) is 14.4 Å². The quantitative estimate of drug-likeness (QED) is 0.255. The molecule has 39 heavy (non-hydrogen) atoms. The van der Waals surface area contributed by atoms with Crippen LogP contribution in [0.1, 0.15) is 53.4 Å². The number of aryl methyl sites for hydroxylation is 4. The van der Waals surface area contributed by atoms with Crippen LogP contribution in [0.15, 0.2) is 35.1 Å². The summed E-state index contributed by atoms with van der Waals surface area (Å²) in [6.45, 7) is 6.63. The minimum absolute atomic E-state index is 0.146. The second-order valence-corrected chi connectivity index (χ2v) is 10.6. The van der Waals surface area contributed by atoms with Crippen LogP contribution in [-0.2, 0) is 29.0 Å². The van der Waals surface area contributed by atoms with Crippen molar-refractivity contribution in [1.29, 1.82) is 0 Å². The molecule has 1 aromatic carbocycles. The molecule has 0 fully saturated rings. The van der Waals surface area contributed by atoms with E-state index in [4.69, 9.17) is 0 Å². The van der Waals surface area contributed by atoms with Crippen molar-refractivity contribution in [3.05, 3.63) is 63.4 Å². The molecule has 3 heterocycles. The van der Waals surface area contributed by atoms with Crippen LogP contribution < -0.4 is 10.6 Å². The fourth-order valence-electron chi connectivity index (χ4n) is 4.83. The lowest BCUT2D eigenvalue weighted by Crippen LogP contribution is -2.43. The molecule has 11 heteroatoms. The molecule has 5 rings (SSSR count). The molecule has 2 N–H and O–H groups in total. The van der Waals surface area contributed by atoms with Gasteiger partial charge in [0.1, 0.15) is 34.5 Å². The van der Waals surface area contributed by atoms with Gasteiger partial charge < -0.3 is 10.6 Å². The Balaban J connectivity index is 1.41. The molecule has 0 radical (unpaired) electrons. The summed E-state index contributed by atoms with van der Waals surface area (Å²) in [6, 6.07) is 6.77. The number of ketones is 1. The highest BCUT2D eigenvalue weighted by Crippen LogP contribution is 2.35. The Morgan fingerprint density at radius 2 is 1.90 bits per heavy atom. The SMILES string of the molecule is CC(=O)c1nn(CC(=O)N[C@@H](C)C(=O)Nc2nc(Br)ccc2C)c2cc3c(cc12)-c1cnc(C)nc1CCC3. The van der Waals surface area contributed by atoms with Gasteiger partial charge in [-0.3, -0.25) is 19.1 Å². The number of aromatic nitrogens is 5. The first kappa shape index (κ1) is 26.6. The first-order valence-electron chi connectivity index (χ1n) is 12.7. The normalized spacial score (nSPS) is 13.3. The lowest BCUT2D eigenvalue weighted by atomic mass is 9.97. The third-order valence-electron chi connectivity index (χ3n) is 6.82. The average molecular weight is 590 g/mol. The summed E-state index contributed by atoms with van der Waals surface area (Å²) in [5, 5.41) is 10.6. The molecule has 200 valence electrons. The van der Waals surface area contributed by atoms with Gasteiger partial charge in [-0.1, -0.05) is 6.07 Å². The van der Waals surface area contributed by atoms with E-state index >= 15 is 0 Å². The number of hydrogen-bond donors (Lipinski definition) is 2. The van der Waals surface area contributed by atoms with Gasteiger partial charge in [0.15, 0.2) is 5.78 Å². The zero-order valence-electron chi connectivity index (χ0n) is 22.1. The third-order valence-corrected chi connectivity index (χ3v) is 7.26. The van der Waals surface area contributed by atoms with E-state index in [1.54, 1.807) is 13.0 Å². The first-order valence-corrected chi connectivity index (χ1v) is 13.5. The predicted octanol–water partition coefficient (Wildman–Crippen LogP) is 4.10. The van der Waals surface area contributed by atoms with Crippen molar-refractivity contribution in [2.45, 2.75) is 59.5 Å². The van der Waals surface area contributed by atoms with Crippen LogP contribution in [0.2, 0.25) is 0 Å². The molecule has 1 aliphatic carbocycles. The molecule has 3 aromatic heterocycles. The Morgan fingerprint density at radius 1 is 1.10 bits per heavy atom. The van der Waals surface area contributed by atoms with Crippen LogP contribution in [0.5, 0.6) is 0 Å². The molecule has 1 aliphatic rings. The topological polar surface area (TPSA) is 132 Å². The standard InChI is InChI=1S/C28H28BrN7O3/c1-14-8-9-24(29)33-27(14)34-28(39)15(2)31-25(38)13-36-23-10-18-6-5-7-22-21(12-30-17(4)32-22)19(18)11-20(23)26(35-36)16(3)37/h8-12,15H,5-7,13H2,1-4H3,(H,31,38)(H,33,34,39)/t15-/m0/s1. The van der Waals surface area contributed by atoms with Crippen LogP contribution in [0.25, 0.3) is 22.0 Å². The molecule has 4 aromatic rings. The average Bonchev–Trinajstić information content (AvgIpc) is 3.12. The van der Waals surface area contributed by atoms with E-state index in [0.29, 0.717) is 27.0 Å². The molecule has 0 spiro atoms. The highest BCUT2D eigenvalue weighted by Gasteiger charge is 2.23. The van der Waals surface area contributed by atoms with Crippen molar-refractivity contribution in [1.82, 2.24) is 30.0 Å². The maximum absolute atomic E-state index is 13.0. The summed E-state index contributed by atoms with van der Waals surface area (Å²) in [5.74, 6) is 0.154. The minimum Gasteiger partial charge on any atom is -0.343 e. The molecule has 2 amide bonds. The number of rotatable bonds is 6. The van der Waals surface area contributed by atoms with Crippen molar-refractivity contribution in [2.75, 3.05) is 5.32 Å². The molecule has 1 atom stereocenters. The summed E-state index contributed by atoms with van der Waals surface area (Å²) in [6.07, 6.45) is 4.44. The van der Waals surface area contributed by atoms with Gasteiger partial charge in [0.25, 0.3) is 0 Å². The van der Waals surface area contributed by atoms with Gasteiger partial charge in [-0.2, -0.15) is 5.10 Å². The van der Waals surface area contributed by atoms with Gasteiger partial charge in [0.2, 0.25) is 11.8 Å². The van der Waals surface area contributed by atoms with Gasteiger partial charge in [0.05, 0.1) is 11.2 Å². The van der Waals surface area contributed by atoms with Gasteiger partial charge in [0, 0.05) is 24.1 Å². The minimum atomic E-state index is -0.817. The van der Waals surface area contributed by atoms with Crippen LogP contribution in [-0.4, -0.2) is 48.4 Å². The highest BCUT2D eigenvalue weighted by atomic mass is 79.9. The Bertz CT molecular complexity index is 1650. The monoisotopic (exact) mass is 589 g/mol.